The summed E-state index contributed by atoms with van der Waals surface area (Å²) >= 11 is 5.91. The number of aryl methyl sites for hydroxylation is 1. The highest BCUT2D eigenvalue weighted by atomic mass is 35.5. The summed E-state index contributed by atoms with van der Waals surface area (Å²) in [5, 5.41) is 6.87. The van der Waals surface area contributed by atoms with E-state index in [1.54, 1.807) is 61.6 Å². The number of halogens is 1. The summed E-state index contributed by atoms with van der Waals surface area (Å²) in [5.74, 6) is 1.08. The van der Waals surface area contributed by atoms with E-state index in [2.05, 4.69) is 20.6 Å². The number of fused-ring (bicyclic) bond motifs is 1. The van der Waals surface area contributed by atoms with Crippen molar-refractivity contribution in [1.82, 2.24) is 9.97 Å². The summed E-state index contributed by atoms with van der Waals surface area (Å²) in [6.45, 7) is 1.84. The molecule has 0 saturated heterocycles. The number of methoxy groups -OCH3 is 2. The fraction of sp³-hybridized carbons (Fsp3) is 0.154. The van der Waals surface area contributed by atoms with Crippen LogP contribution < -0.4 is 25.0 Å². The standard InChI is InChI=1S/C26H24ClN5O4/c1-15-5-6-16(25(33)30-18-9-7-17(27)8-10-18)11-20(15)31-26(34)32(2)24-19-12-22(35-3)23(36-4)13-21(19)28-14-29-24/h5-14H,1-4H3,(H,30,33)(H,31,34). The molecule has 184 valence electrons. The predicted octanol–water partition coefficient (Wildman–Crippen LogP) is 5.53. The van der Waals surface area contributed by atoms with Crippen LogP contribution >= 0.6 is 11.6 Å². The fourth-order valence-electron chi connectivity index (χ4n) is 3.57. The van der Waals surface area contributed by atoms with Gasteiger partial charge in [-0.25, -0.2) is 14.8 Å². The lowest BCUT2D eigenvalue weighted by Gasteiger charge is -2.20. The molecule has 1 heterocycles. The Morgan fingerprint density at radius 3 is 2.31 bits per heavy atom. The monoisotopic (exact) mass is 505 g/mol. The molecule has 3 aromatic carbocycles. The Balaban J connectivity index is 1.57. The Bertz CT molecular complexity index is 1440. The molecule has 0 spiro atoms. The third-order valence-electron chi connectivity index (χ3n) is 5.59. The van der Waals surface area contributed by atoms with Gasteiger partial charge in [0.15, 0.2) is 11.5 Å². The Labute approximate surface area is 213 Å². The first-order valence-electron chi connectivity index (χ1n) is 10.9. The molecule has 0 bridgehead atoms. The average molecular weight is 506 g/mol. The number of benzene rings is 3. The molecule has 0 atom stereocenters. The van der Waals surface area contributed by atoms with E-state index < -0.39 is 6.03 Å². The molecule has 4 rings (SSSR count). The molecular formula is C26H24ClN5O4. The molecule has 0 aliphatic heterocycles. The van der Waals surface area contributed by atoms with Crippen molar-refractivity contribution in [3.05, 3.63) is 77.1 Å². The first-order valence-corrected chi connectivity index (χ1v) is 11.3. The van der Waals surface area contributed by atoms with Crippen LogP contribution in [0.15, 0.2) is 60.9 Å². The smallest absolute Gasteiger partial charge is 0.327 e. The number of amides is 3. The lowest BCUT2D eigenvalue weighted by atomic mass is 10.1. The number of urea groups is 1. The van der Waals surface area contributed by atoms with Crippen LogP contribution in [0, 0.1) is 6.92 Å². The number of nitrogens with one attached hydrogen (secondary N) is 2. The van der Waals surface area contributed by atoms with Crippen LogP contribution in [0.1, 0.15) is 15.9 Å². The minimum absolute atomic E-state index is 0.316. The van der Waals surface area contributed by atoms with Crippen molar-refractivity contribution < 1.29 is 19.1 Å². The summed E-state index contributed by atoms with van der Waals surface area (Å²) < 4.78 is 10.7. The van der Waals surface area contributed by atoms with Crippen LogP contribution in [0.5, 0.6) is 11.5 Å². The number of carbonyl (C=O) groups excluding carboxylic acids is 2. The summed E-state index contributed by atoms with van der Waals surface area (Å²) in [6.07, 6.45) is 1.38. The number of hydrogen-bond acceptors (Lipinski definition) is 6. The molecule has 36 heavy (non-hydrogen) atoms. The average Bonchev–Trinajstić information content (AvgIpc) is 2.89. The van der Waals surface area contributed by atoms with Crippen molar-refractivity contribution in [3.63, 3.8) is 0 Å². The van der Waals surface area contributed by atoms with E-state index in [1.165, 1.54) is 25.4 Å². The topological polar surface area (TPSA) is 106 Å². The maximum atomic E-state index is 13.2. The van der Waals surface area contributed by atoms with Crippen molar-refractivity contribution >= 4 is 51.6 Å². The van der Waals surface area contributed by atoms with E-state index in [0.29, 0.717) is 50.2 Å². The van der Waals surface area contributed by atoms with E-state index in [1.807, 2.05) is 6.92 Å². The van der Waals surface area contributed by atoms with Crippen molar-refractivity contribution in [2.45, 2.75) is 6.92 Å². The molecule has 1 aromatic heterocycles. The second kappa shape index (κ2) is 10.5. The van der Waals surface area contributed by atoms with Gasteiger partial charge in [0.1, 0.15) is 12.1 Å². The van der Waals surface area contributed by atoms with Gasteiger partial charge >= 0.3 is 6.03 Å². The van der Waals surface area contributed by atoms with Gasteiger partial charge in [-0.3, -0.25) is 9.69 Å². The van der Waals surface area contributed by atoms with Gasteiger partial charge in [0, 0.05) is 40.5 Å². The number of rotatable bonds is 6. The number of nitrogens with zero attached hydrogens (tertiary/aromatic N) is 3. The molecule has 0 unspecified atom stereocenters. The normalized spacial score (nSPS) is 10.6. The van der Waals surface area contributed by atoms with Gasteiger partial charge in [-0.1, -0.05) is 17.7 Å². The minimum Gasteiger partial charge on any atom is -0.493 e. The van der Waals surface area contributed by atoms with E-state index >= 15 is 0 Å². The van der Waals surface area contributed by atoms with Crippen molar-refractivity contribution in [1.29, 1.82) is 0 Å². The van der Waals surface area contributed by atoms with E-state index in [0.717, 1.165) is 5.56 Å². The Hall–Kier alpha value is -4.37. The maximum absolute atomic E-state index is 13.2. The Kier molecular flexibility index (Phi) is 7.21. The second-order valence-electron chi connectivity index (χ2n) is 7.90. The molecule has 0 fully saturated rings. The quantitative estimate of drug-likeness (QED) is 0.357. The summed E-state index contributed by atoms with van der Waals surface area (Å²) in [4.78, 5) is 35.9. The number of aromatic nitrogens is 2. The molecule has 0 aliphatic carbocycles. The van der Waals surface area contributed by atoms with Crippen LogP contribution in [0.4, 0.5) is 22.0 Å². The van der Waals surface area contributed by atoms with Gasteiger partial charge in [0.2, 0.25) is 0 Å². The molecule has 10 heteroatoms. The maximum Gasteiger partial charge on any atom is 0.327 e. The number of carbonyl (C=O) groups is 2. The van der Waals surface area contributed by atoms with Gasteiger partial charge in [-0.2, -0.15) is 0 Å². The fourth-order valence-corrected chi connectivity index (χ4v) is 3.69. The van der Waals surface area contributed by atoms with Crippen LogP contribution in [-0.4, -0.2) is 43.2 Å². The Morgan fingerprint density at radius 1 is 0.917 bits per heavy atom. The van der Waals surface area contributed by atoms with Gasteiger partial charge in [-0.15, -0.1) is 0 Å². The molecule has 0 aliphatic rings. The highest BCUT2D eigenvalue weighted by Crippen LogP contribution is 2.34. The lowest BCUT2D eigenvalue weighted by Crippen LogP contribution is -2.32. The molecule has 4 aromatic rings. The number of ether oxygens (including phenoxy) is 2. The van der Waals surface area contributed by atoms with Crippen molar-refractivity contribution in [2.24, 2.45) is 0 Å². The summed E-state index contributed by atoms with van der Waals surface area (Å²) in [6, 6.07) is 14.9. The predicted molar refractivity (Wildman–Crippen MR) is 141 cm³/mol. The zero-order valence-electron chi connectivity index (χ0n) is 20.1. The highest BCUT2D eigenvalue weighted by Gasteiger charge is 2.19. The van der Waals surface area contributed by atoms with Crippen molar-refractivity contribution in [3.8, 4) is 11.5 Å². The molecular weight excluding hydrogens is 482 g/mol. The molecule has 0 saturated carbocycles. The van der Waals surface area contributed by atoms with Crippen molar-refractivity contribution in [2.75, 3.05) is 36.8 Å². The summed E-state index contributed by atoms with van der Waals surface area (Å²) in [5.41, 5.74) is 2.87. The van der Waals surface area contributed by atoms with Crippen LogP contribution in [-0.2, 0) is 0 Å². The minimum atomic E-state index is -0.442. The Morgan fingerprint density at radius 2 is 1.61 bits per heavy atom. The van der Waals surface area contributed by atoms with Gasteiger partial charge < -0.3 is 20.1 Å². The molecule has 3 amide bonds. The van der Waals surface area contributed by atoms with Gasteiger partial charge in [0.25, 0.3) is 5.91 Å². The van der Waals surface area contributed by atoms with Gasteiger partial charge in [0.05, 0.1) is 19.7 Å². The van der Waals surface area contributed by atoms with Gasteiger partial charge in [-0.05, 0) is 55.0 Å². The SMILES string of the molecule is COc1cc2ncnc(N(C)C(=O)Nc3cc(C(=O)Nc4ccc(Cl)cc4)ccc3C)c2cc1OC. The van der Waals surface area contributed by atoms with Crippen LogP contribution in [0.3, 0.4) is 0 Å². The number of hydrogen-bond donors (Lipinski definition) is 2. The highest BCUT2D eigenvalue weighted by molar-refractivity contribution is 6.30. The van der Waals surface area contributed by atoms with E-state index in [9.17, 15) is 9.59 Å². The van der Waals surface area contributed by atoms with Crippen LogP contribution in [0.25, 0.3) is 10.9 Å². The van der Waals surface area contributed by atoms with E-state index in [4.69, 9.17) is 21.1 Å². The second-order valence-corrected chi connectivity index (χ2v) is 8.34. The molecule has 9 nitrogen and oxygen atoms in total. The first kappa shape index (κ1) is 24.7. The third kappa shape index (κ3) is 5.16. The third-order valence-corrected chi connectivity index (χ3v) is 5.84. The zero-order chi connectivity index (χ0) is 25.8. The molecule has 2 N–H and O–H groups in total. The molecule has 0 radical (unpaired) electrons. The number of anilines is 3. The van der Waals surface area contributed by atoms with Crippen LogP contribution in [0.2, 0.25) is 5.02 Å². The first-order chi connectivity index (χ1) is 17.3. The lowest BCUT2D eigenvalue weighted by molar-refractivity contribution is 0.102. The van der Waals surface area contributed by atoms with E-state index in [-0.39, 0.29) is 5.91 Å². The largest absolute Gasteiger partial charge is 0.493 e. The summed E-state index contributed by atoms with van der Waals surface area (Å²) in [7, 11) is 4.67. The zero-order valence-corrected chi connectivity index (χ0v) is 20.9.